The number of nitrogens with two attached hydrogens (primary N) is 2. The van der Waals surface area contributed by atoms with Gasteiger partial charge < -0.3 is 25.7 Å². The molecule has 1 atom stereocenters. The van der Waals surface area contributed by atoms with Crippen LogP contribution in [0.1, 0.15) is 44.6 Å². The van der Waals surface area contributed by atoms with Gasteiger partial charge in [-0.05, 0) is 32.4 Å². The molecule has 0 bridgehead atoms. The molecule has 8 nitrogen and oxygen atoms in total. The number of aromatic nitrogens is 1. The Kier molecular flexibility index (Phi) is 5.66. The zero-order chi connectivity index (χ0) is 20.4. The van der Waals surface area contributed by atoms with Crippen LogP contribution in [0, 0.1) is 13.8 Å². The first-order valence-corrected chi connectivity index (χ1v) is 9.50. The van der Waals surface area contributed by atoms with Crippen molar-refractivity contribution in [2.75, 3.05) is 6.61 Å². The van der Waals surface area contributed by atoms with Crippen LogP contribution < -0.4 is 16.2 Å². The van der Waals surface area contributed by atoms with Gasteiger partial charge in [0, 0.05) is 17.6 Å². The van der Waals surface area contributed by atoms with Crippen molar-refractivity contribution in [3.63, 3.8) is 0 Å². The highest BCUT2D eigenvalue weighted by Crippen LogP contribution is 2.40. The molecular formula is C19H21N3O5S. The number of carbonyl (C=O) groups excluding carboxylic acids is 2. The molecule has 0 radical (unpaired) electrons. The number of furan rings is 1. The SMILES string of the molecule is Cc1ncsc1COc1ccc2oc(C)c(C(N)=O)c2c1C(CCO)C(N)=O. The molecule has 3 aromatic rings. The Hall–Kier alpha value is -2.91. The van der Waals surface area contributed by atoms with E-state index in [1.54, 1.807) is 24.6 Å². The standard InChI is InChI=1S/C19H21N3O5S/c1-9-14(28-8-22-9)7-26-12-3-4-13-17(15(19(21)25)10(2)27-13)16(12)11(5-6-23)18(20)24/h3-4,8,11,23H,5-7H2,1-2H3,(H2,20,24)(H2,21,25). The molecule has 0 aliphatic rings. The monoisotopic (exact) mass is 403 g/mol. The third kappa shape index (κ3) is 3.58. The van der Waals surface area contributed by atoms with Gasteiger partial charge in [-0.3, -0.25) is 9.59 Å². The van der Waals surface area contributed by atoms with Crippen LogP contribution >= 0.6 is 11.3 Å². The Morgan fingerprint density at radius 1 is 1.32 bits per heavy atom. The number of aliphatic hydroxyl groups excluding tert-OH is 1. The average Bonchev–Trinajstić information content (AvgIpc) is 3.19. The minimum Gasteiger partial charge on any atom is -0.488 e. The molecule has 1 unspecified atom stereocenters. The molecular weight excluding hydrogens is 382 g/mol. The maximum absolute atomic E-state index is 12.2. The quantitative estimate of drug-likeness (QED) is 0.526. The number of hydrogen-bond donors (Lipinski definition) is 3. The maximum Gasteiger partial charge on any atom is 0.252 e. The molecule has 2 amide bonds. The van der Waals surface area contributed by atoms with Crippen molar-refractivity contribution in [3.8, 4) is 5.75 Å². The normalized spacial score (nSPS) is 12.2. The lowest BCUT2D eigenvalue weighted by molar-refractivity contribution is -0.119. The first-order valence-electron chi connectivity index (χ1n) is 8.62. The third-order valence-corrected chi connectivity index (χ3v) is 5.50. The molecule has 3 rings (SSSR count). The van der Waals surface area contributed by atoms with E-state index in [-0.39, 0.29) is 25.2 Å². The fourth-order valence-corrected chi connectivity index (χ4v) is 3.94. The van der Waals surface area contributed by atoms with Gasteiger partial charge in [0.05, 0.1) is 27.6 Å². The third-order valence-electron chi connectivity index (χ3n) is 4.59. The first kappa shape index (κ1) is 19.8. The molecule has 5 N–H and O–H groups in total. The first-order chi connectivity index (χ1) is 13.3. The Morgan fingerprint density at radius 3 is 2.64 bits per heavy atom. The van der Waals surface area contributed by atoms with E-state index in [0.717, 1.165) is 10.6 Å². The van der Waals surface area contributed by atoms with Crippen LogP contribution in [0.3, 0.4) is 0 Å². The summed E-state index contributed by atoms with van der Waals surface area (Å²) in [6, 6.07) is 3.32. The van der Waals surface area contributed by atoms with Crippen LogP contribution in [-0.4, -0.2) is 28.5 Å². The molecule has 148 valence electrons. The Labute approximate surface area is 165 Å². The number of primary amides is 2. The number of fused-ring (bicyclic) bond motifs is 1. The predicted octanol–water partition coefficient (Wildman–Crippen LogP) is 2.14. The maximum atomic E-state index is 12.2. The molecule has 0 saturated carbocycles. The van der Waals surface area contributed by atoms with Crippen LogP contribution in [0.5, 0.6) is 5.75 Å². The molecule has 28 heavy (non-hydrogen) atoms. The lowest BCUT2D eigenvalue weighted by Crippen LogP contribution is -2.24. The van der Waals surface area contributed by atoms with Crippen molar-refractivity contribution in [2.45, 2.75) is 32.8 Å². The number of benzene rings is 1. The van der Waals surface area contributed by atoms with Crippen molar-refractivity contribution >= 4 is 34.1 Å². The second-order valence-electron chi connectivity index (χ2n) is 6.36. The lowest BCUT2D eigenvalue weighted by Gasteiger charge is -2.19. The minimum atomic E-state index is -0.874. The number of ether oxygens (including phenoxy) is 1. The zero-order valence-electron chi connectivity index (χ0n) is 15.5. The van der Waals surface area contributed by atoms with Gasteiger partial charge in [-0.15, -0.1) is 11.3 Å². The highest BCUT2D eigenvalue weighted by atomic mass is 32.1. The van der Waals surface area contributed by atoms with E-state index in [2.05, 4.69) is 4.98 Å². The predicted molar refractivity (Wildman–Crippen MR) is 104 cm³/mol. The van der Waals surface area contributed by atoms with Gasteiger partial charge in [0.1, 0.15) is 23.7 Å². The van der Waals surface area contributed by atoms with Crippen LogP contribution in [0.25, 0.3) is 11.0 Å². The van der Waals surface area contributed by atoms with Crippen molar-refractivity contribution in [2.24, 2.45) is 11.5 Å². The molecule has 2 aromatic heterocycles. The second kappa shape index (κ2) is 7.99. The Balaban J connectivity index is 2.20. The van der Waals surface area contributed by atoms with Crippen LogP contribution in [0.4, 0.5) is 0 Å². The van der Waals surface area contributed by atoms with Crippen LogP contribution in [0.2, 0.25) is 0 Å². The van der Waals surface area contributed by atoms with Gasteiger partial charge in [0.25, 0.3) is 5.91 Å². The number of hydrogen-bond acceptors (Lipinski definition) is 7. The summed E-state index contributed by atoms with van der Waals surface area (Å²) in [7, 11) is 0. The fraction of sp³-hybridized carbons (Fsp3) is 0.316. The van der Waals surface area contributed by atoms with Gasteiger partial charge in [0.2, 0.25) is 5.91 Å². The van der Waals surface area contributed by atoms with Gasteiger partial charge in [0.15, 0.2) is 0 Å². The fourth-order valence-electron chi connectivity index (χ4n) is 3.25. The van der Waals surface area contributed by atoms with Crippen molar-refractivity contribution in [3.05, 3.63) is 45.1 Å². The van der Waals surface area contributed by atoms with Crippen LogP contribution in [0.15, 0.2) is 22.1 Å². The highest BCUT2D eigenvalue weighted by molar-refractivity contribution is 7.09. The lowest BCUT2D eigenvalue weighted by atomic mass is 9.89. The summed E-state index contributed by atoms with van der Waals surface area (Å²) >= 11 is 1.46. The van der Waals surface area contributed by atoms with E-state index in [0.29, 0.717) is 28.0 Å². The van der Waals surface area contributed by atoms with Crippen LogP contribution in [-0.2, 0) is 11.4 Å². The summed E-state index contributed by atoms with van der Waals surface area (Å²) in [4.78, 5) is 29.3. The largest absolute Gasteiger partial charge is 0.488 e. The molecule has 0 aliphatic heterocycles. The van der Waals surface area contributed by atoms with E-state index in [9.17, 15) is 14.7 Å². The summed E-state index contributed by atoms with van der Waals surface area (Å²) in [6.07, 6.45) is 0.0762. The van der Waals surface area contributed by atoms with E-state index in [4.69, 9.17) is 20.6 Å². The topological polar surface area (TPSA) is 142 Å². The van der Waals surface area contributed by atoms with Crippen molar-refractivity contribution < 1.29 is 23.8 Å². The van der Waals surface area contributed by atoms with Crippen molar-refractivity contribution in [1.29, 1.82) is 0 Å². The Morgan fingerprint density at radius 2 is 2.07 bits per heavy atom. The molecule has 1 aromatic carbocycles. The molecule has 0 saturated heterocycles. The highest BCUT2D eigenvalue weighted by Gasteiger charge is 2.29. The molecule has 0 aliphatic carbocycles. The summed E-state index contributed by atoms with van der Waals surface area (Å²) in [5, 5.41) is 9.83. The van der Waals surface area contributed by atoms with Gasteiger partial charge >= 0.3 is 0 Å². The molecule has 0 fully saturated rings. The number of amides is 2. The minimum absolute atomic E-state index is 0.0762. The summed E-state index contributed by atoms with van der Waals surface area (Å²) in [5.41, 5.74) is 14.7. The van der Waals surface area contributed by atoms with E-state index in [1.165, 1.54) is 11.3 Å². The van der Waals surface area contributed by atoms with Gasteiger partial charge in [-0.25, -0.2) is 4.98 Å². The average molecular weight is 403 g/mol. The van der Waals surface area contributed by atoms with Crippen molar-refractivity contribution in [1.82, 2.24) is 4.98 Å². The number of aliphatic hydroxyl groups is 1. The zero-order valence-corrected chi connectivity index (χ0v) is 16.3. The molecule has 0 spiro atoms. The van der Waals surface area contributed by atoms with E-state index >= 15 is 0 Å². The molecule has 9 heteroatoms. The smallest absolute Gasteiger partial charge is 0.252 e. The number of nitrogens with zero attached hydrogens (tertiary/aromatic N) is 1. The van der Waals surface area contributed by atoms with Gasteiger partial charge in [-0.1, -0.05) is 0 Å². The van der Waals surface area contributed by atoms with E-state index < -0.39 is 17.7 Å². The van der Waals surface area contributed by atoms with E-state index in [1.807, 2.05) is 6.92 Å². The summed E-state index contributed by atoms with van der Waals surface area (Å²) < 4.78 is 11.6. The second-order valence-corrected chi connectivity index (χ2v) is 7.30. The summed E-state index contributed by atoms with van der Waals surface area (Å²) in [5.74, 6) is -1.48. The Bertz CT molecular complexity index is 1040. The molecule has 2 heterocycles. The van der Waals surface area contributed by atoms with Gasteiger partial charge in [-0.2, -0.15) is 0 Å². The summed E-state index contributed by atoms with van der Waals surface area (Å²) in [6.45, 7) is 3.47. The number of thiazole rings is 1. The number of carbonyl (C=O) groups is 2. The number of aryl methyl sites for hydroxylation is 2. The number of rotatable bonds is 8.